The van der Waals surface area contributed by atoms with Crippen LogP contribution in [0, 0.1) is 6.92 Å². The van der Waals surface area contributed by atoms with Crippen molar-refractivity contribution in [3.8, 4) is 0 Å². The number of anilines is 1. The predicted molar refractivity (Wildman–Crippen MR) is 96.1 cm³/mol. The van der Waals surface area contributed by atoms with Gasteiger partial charge in [0.15, 0.2) is 0 Å². The summed E-state index contributed by atoms with van der Waals surface area (Å²) in [6.45, 7) is 1.91. The summed E-state index contributed by atoms with van der Waals surface area (Å²) in [5.41, 5.74) is 1.24. The van der Waals surface area contributed by atoms with Crippen LogP contribution >= 0.6 is 0 Å². The lowest BCUT2D eigenvalue weighted by Crippen LogP contribution is -2.25. The van der Waals surface area contributed by atoms with Gasteiger partial charge in [-0.15, -0.1) is 0 Å². The molecule has 2 aromatic rings. The van der Waals surface area contributed by atoms with Crippen LogP contribution < -0.4 is 4.31 Å². The van der Waals surface area contributed by atoms with Gasteiger partial charge in [-0.2, -0.15) is 0 Å². The van der Waals surface area contributed by atoms with E-state index in [1.165, 1.54) is 17.5 Å². The summed E-state index contributed by atoms with van der Waals surface area (Å²) >= 11 is 0. The Morgan fingerprint density at radius 2 is 2.00 bits per heavy atom. The van der Waals surface area contributed by atoms with Gasteiger partial charge >= 0.3 is 11.9 Å². The fourth-order valence-electron chi connectivity index (χ4n) is 2.85. The topological polar surface area (TPSA) is 103 Å². The van der Waals surface area contributed by atoms with Gasteiger partial charge in [0.25, 0.3) is 0 Å². The molecule has 1 saturated heterocycles. The molecule has 0 radical (unpaired) electrons. The average Bonchev–Trinajstić information content (AvgIpc) is 3.20. The minimum absolute atomic E-state index is 0.0600. The molecule has 8 nitrogen and oxygen atoms in total. The number of carbonyl (C=O) groups excluding carboxylic acids is 2. The van der Waals surface area contributed by atoms with Gasteiger partial charge in [-0.05, 0) is 37.6 Å². The van der Waals surface area contributed by atoms with Gasteiger partial charge in [0.2, 0.25) is 15.8 Å². The number of furan rings is 1. The molecule has 0 saturated carbocycles. The van der Waals surface area contributed by atoms with Crippen LogP contribution in [0.3, 0.4) is 0 Å². The molecule has 0 unspecified atom stereocenters. The summed E-state index contributed by atoms with van der Waals surface area (Å²) in [7, 11) is -2.08. The second-order valence-corrected chi connectivity index (χ2v) is 8.10. The lowest BCUT2D eigenvalue weighted by atomic mass is 10.2. The largest absolute Gasteiger partial charge is 0.463 e. The Hall–Kier alpha value is -2.81. The van der Waals surface area contributed by atoms with Crippen molar-refractivity contribution in [2.45, 2.75) is 20.0 Å². The van der Waals surface area contributed by atoms with Crippen LogP contribution in [0.1, 0.15) is 38.7 Å². The zero-order chi connectivity index (χ0) is 19.6. The van der Waals surface area contributed by atoms with E-state index in [-0.39, 0.29) is 23.7 Å². The van der Waals surface area contributed by atoms with E-state index in [1.54, 1.807) is 31.2 Å². The van der Waals surface area contributed by atoms with E-state index in [0.29, 0.717) is 30.0 Å². The van der Waals surface area contributed by atoms with Crippen molar-refractivity contribution in [3.05, 3.63) is 53.0 Å². The van der Waals surface area contributed by atoms with Gasteiger partial charge in [0.05, 0.1) is 24.1 Å². The van der Waals surface area contributed by atoms with E-state index in [1.807, 2.05) is 0 Å². The molecule has 3 rings (SSSR count). The highest BCUT2D eigenvalue weighted by atomic mass is 32.2. The molecular weight excluding hydrogens is 374 g/mol. The summed E-state index contributed by atoms with van der Waals surface area (Å²) in [6.07, 6.45) is 0.553. The first-order valence-corrected chi connectivity index (χ1v) is 9.88. The Bertz CT molecular complexity index is 977. The average molecular weight is 393 g/mol. The number of hydrogen-bond acceptors (Lipinski definition) is 7. The number of sulfonamides is 1. The standard InChI is InChI=1S/C18H19NO7S/c1-12-9-15(26-16(12)18(21)24-2)11-25-17(20)13-5-3-6-14(10-13)19-7-4-8-27(19,22)23/h3,5-6,9-10H,4,7-8,11H2,1-2H3. The highest BCUT2D eigenvalue weighted by molar-refractivity contribution is 7.93. The fourth-order valence-corrected chi connectivity index (χ4v) is 4.41. The highest BCUT2D eigenvalue weighted by Crippen LogP contribution is 2.25. The molecule has 1 aliphatic heterocycles. The number of rotatable bonds is 5. The highest BCUT2D eigenvalue weighted by Gasteiger charge is 2.28. The third kappa shape index (κ3) is 3.97. The van der Waals surface area contributed by atoms with Crippen LogP contribution in [0.4, 0.5) is 5.69 Å². The molecule has 9 heteroatoms. The lowest BCUT2D eigenvalue weighted by molar-refractivity contribution is 0.0438. The minimum atomic E-state index is -3.33. The summed E-state index contributed by atoms with van der Waals surface area (Å²) in [6, 6.07) is 7.86. The maximum absolute atomic E-state index is 12.3. The number of esters is 2. The smallest absolute Gasteiger partial charge is 0.374 e. The van der Waals surface area contributed by atoms with E-state index >= 15 is 0 Å². The van der Waals surface area contributed by atoms with Crippen molar-refractivity contribution < 1.29 is 31.9 Å². The van der Waals surface area contributed by atoms with E-state index in [9.17, 15) is 18.0 Å². The van der Waals surface area contributed by atoms with Gasteiger partial charge in [-0.25, -0.2) is 18.0 Å². The molecule has 0 spiro atoms. The molecule has 2 heterocycles. The molecule has 0 amide bonds. The van der Waals surface area contributed by atoms with Gasteiger partial charge < -0.3 is 13.9 Å². The number of carbonyl (C=O) groups is 2. The first-order chi connectivity index (χ1) is 12.8. The maximum atomic E-state index is 12.3. The van der Waals surface area contributed by atoms with Gasteiger partial charge in [0.1, 0.15) is 12.4 Å². The molecule has 0 aliphatic carbocycles. The van der Waals surface area contributed by atoms with Crippen molar-refractivity contribution in [2.75, 3.05) is 23.7 Å². The Morgan fingerprint density at radius 1 is 1.22 bits per heavy atom. The van der Waals surface area contributed by atoms with Crippen LogP contribution in [-0.4, -0.2) is 39.8 Å². The number of nitrogens with zero attached hydrogens (tertiary/aromatic N) is 1. The summed E-state index contributed by atoms with van der Waals surface area (Å²) < 4.78 is 40.5. The quantitative estimate of drug-likeness (QED) is 0.718. The molecule has 1 aromatic carbocycles. The normalized spacial score (nSPS) is 15.6. The van der Waals surface area contributed by atoms with E-state index < -0.39 is 22.0 Å². The third-order valence-electron chi connectivity index (χ3n) is 4.15. The summed E-state index contributed by atoms with van der Waals surface area (Å²) in [5, 5.41) is 0. The Kier molecular flexibility index (Phi) is 5.22. The summed E-state index contributed by atoms with van der Waals surface area (Å²) in [5.74, 6) is -0.766. The number of hydrogen-bond donors (Lipinski definition) is 0. The fraction of sp³-hybridized carbons (Fsp3) is 0.333. The molecule has 0 atom stereocenters. The Morgan fingerprint density at radius 3 is 2.67 bits per heavy atom. The first kappa shape index (κ1) is 19.0. The van der Waals surface area contributed by atoms with Crippen molar-refractivity contribution in [2.24, 2.45) is 0 Å². The van der Waals surface area contributed by atoms with Crippen LogP contribution in [-0.2, 0) is 26.1 Å². The third-order valence-corrected chi connectivity index (χ3v) is 6.02. The Labute approximate surface area is 156 Å². The number of aryl methyl sites for hydroxylation is 1. The summed E-state index contributed by atoms with van der Waals surface area (Å²) in [4.78, 5) is 23.9. The molecular formula is C18H19NO7S. The molecule has 27 heavy (non-hydrogen) atoms. The van der Waals surface area contributed by atoms with Crippen molar-refractivity contribution in [1.29, 1.82) is 0 Å². The maximum Gasteiger partial charge on any atom is 0.374 e. The molecule has 0 bridgehead atoms. The minimum Gasteiger partial charge on any atom is -0.463 e. The number of benzene rings is 1. The van der Waals surface area contributed by atoms with Crippen molar-refractivity contribution >= 4 is 27.6 Å². The number of ether oxygens (including phenoxy) is 2. The second kappa shape index (κ2) is 7.43. The van der Waals surface area contributed by atoms with Crippen LogP contribution in [0.25, 0.3) is 0 Å². The van der Waals surface area contributed by atoms with Crippen LogP contribution in [0.15, 0.2) is 34.7 Å². The predicted octanol–water partition coefficient (Wildman–Crippen LogP) is 2.27. The molecule has 0 N–H and O–H groups in total. The van der Waals surface area contributed by atoms with E-state index in [0.717, 1.165) is 0 Å². The van der Waals surface area contributed by atoms with E-state index in [2.05, 4.69) is 4.74 Å². The van der Waals surface area contributed by atoms with Gasteiger partial charge in [-0.1, -0.05) is 6.07 Å². The van der Waals surface area contributed by atoms with E-state index in [4.69, 9.17) is 9.15 Å². The zero-order valence-corrected chi connectivity index (χ0v) is 15.7. The lowest BCUT2D eigenvalue weighted by Gasteiger charge is -2.17. The molecule has 1 fully saturated rings. The van der Waals surface area contributed by atoms with Crippen molar-refractivity contribution in [1.82, 2.24) is 0 Å². The van der Waals surface area contributed by atoms with Crippen LogP contribution in [0.5, 0.6) is 0 Å². The molecule has 1 aliphatic rings. The monoisotopic (exact) mass is 393 g/mol. The van der Waals surface area contributed by atoms with Crippen molar-refractivity contribution in [3.63, 3.8) is 0 Å². The van der Waals surface area contributed by atoms with Gasteiger partial charge in [0, 0.05) is 12.1 Å². The van der Waals surface area contributed by atoms with Crippen LogP contribution in [0.2, 0.25) is 0 Å². The van der Waals surface area contributed by atoms with Gasteiger partial charge in [-0.3, -0.25) is 4.31 Å². The zero-order valence-electron chi connectivity index (χ0n) is 14.9. The Balaban J connectivity index is 1.70. The SMILES string of the molecule is COC(=O)c1oc(COC(=O)c2cccc(N3CCCS3(=O)=O)c2)cc1C. The molecule has 1 aromatic heterocycles. The number of methoxy groups -OCH3 is 1. The first-order valence-electron chi connectivity index (χ1n) is 8.27. The second-order valence-electron chi connectivity index (χ2n) is 6.08. The molecule has 144 valence electrons.